The van der Waals surface area contributed by atoms with E-state index in [0.717, 1.165) is 21.3 Å². The molecule has 0 N–H and O–H groups in total. The Morgan fingerprint density at radius 1 is 1.05 bits per heavy atom. The summed E-state index contributed by atoms with van der Waals surface area (Å²) >= 11 is 7.04. The van der Waals surface area contributed by atoms with Gasteiger partial charge in [0.05, 0.1) is 0 Å². The predicted molar refractivity (Wildman–Crippen MR) is 92.0 cm³/mol. The maximum absolute atomic E-state index is 6.07. The normalized spacial score (nSPS) is 11.4. The molecule has 0 aromatic heterocycles. The van der Waals surface area contributed by atoms with Crippen LogP contribution >= 0.6 is 31.9 Å². The average Bonchev–Trinajstić information content (AvgIpc) is 2.38. The molecule has 0 aliphatic carbocycles. The van der Waals surface area contributed by atoms with E-state index in [9.17, 15) is 0 Å². The summed E-state index contributed by atoms with van der Waals surface area (Å²) in [6.07, 6.45) is 0. The number of benzene rings is 2. The summed E-state index contributed by atoms with van der Waals surface area (Å²) in [4.78, 5) is 0. The van der Waals surface area contributed by atoms with Gasteiger partial charge < -0.3 is 4.74 Å². The first-order chi connectivity index (χ1) is 9.41. The molecule has 2 aromatic carbocycles. The highest BCUT2D eigenvalue weighted by atomic mass is 79.9. The molecule has 0 aliphatic rings. The van der Waals surface area contributed by atoms with Crippen molar-refractivity contribution in [3.8, 4) is 11.5 Å². The largest absolute Gasteiger partial charge is 0.457 e. The third-order valence-corrected chi connectivity index (χ3v) is 4.43. The molecule has 0 aliphatic heterocycles. The smallest absolute Gasteiger partial charge is 0.131 e. The highest BCUT2D eigenvalue weighted by Gasteiger charge is 2.18. The van der Waals surface area contributed by atoms with E-state index in [1.54, 1.807) is 0 Å². The van der Waals surface area contributed by atoms with Crippen LogP contribution in [0.15, 0.2) is 46.9 Å². The molecule has 0 saturated heterocycles. The summed E-state index contributed by atoms with van der Waals surface area (Å²) in [5.41, 5.74) is 2.48. The molecule has 0 fully saturated rings. The lowest BCUT2D eigenvalue weighted by Gasteiger charge is -2.22. The second-order valence-electron chi connectivity index (χ2n) is 5.74. The van der Waals surface area contributed by atoms with Gasteiger partial charge in [-0.2, -0.15) is 0 Å². The molecular weight excluding hydrogens is 380 g/mol. The van der Waals surface area contributed by atoms with E-state index in [1.807, 2.05) is 24.3 Å². The third-order valence-electron chi connectivity index (χ3n) is 3.09. The molecular formula is C17H18Br2O. The Morgan fingerprint density at radius 3 is 2.35 bits per heavy atom. The first-order valence-corrected chi connectivity index (χ1v) is 8.45. The van der Waals surface area contributed by atoms with Gasteiger partial charge in [-0.15, -0.1) is 0 Å². The lowest BCUT2D eigenvalue weighted by atomic mass is 9.86. The summed E-state index contributed by atoms with van der Waals surface area (Å²) in [6, 6.07) is 14.3. The average molecular weight is 398 g/mol. The molecule has 0 unspecified atom stereocenters. The number of alkyl halides is 1. The van der Waals surface area contributed by atoms with E-state index in [1.165, 1.54) is 11.1 Å². The number of hydrogen-bond acceptors (Lipinski definition) is 1. The van der Waals surface area contributed by atoms with Crippen LogP contribution in [0.1, 0.15) is 31.9 Å². The van der Waals surface area contributed by atoms with Crippen molar-refractivity contribution in [1.82, 2.24) is 0 Å². The molecule has 0 spiro atoms. The standard InChI is InChI=1S/C17H18Br2O/c1-17(2,3)14-6-4-5-7-16(14)20-13-9-8-12(11-18)15(19)10-13/h4-10H,11H2,1-3H3. The van der Waals surface area contributed by atoms with E-state index in [0.29, 0.717) is 0 Å². The topological polar surface area (TPSA) is 9.23 Å². The monoisotopic (exact) mass is 396 g/mol. The van der Waals surface area contributed by atoms with Crippen LogP contribution in [0.4, 0.5) is 0 Å². The van der Waals surface area contributed by atoms with Gasteiger partial charge in [0.15, 0.2) is 0 Å². The number of halogens is 2. The van der Waals surface area contributed by atoms with Gasteiger partial charge in [0.25, 0.3) is 0 Å². The van der Waals surface area contributed by atoms with Gasteiger partial charge in [0.1, 0.15) is 11.5 Å². The number of hydrogen-bond donors (Lipinski definition) is 0. The summed E-state index contributed by atoms with van der Waals surface area (Å²) in [6.45, 7) is 6.58. The van der Waals surface area contributed by atoms with Crippen molar-refractivity contribution in [3.05, 3.63) is 58.1 Å². The van der Waals surface area contributed by atoms with E-state index < -0.39 is 0 Å². The second-order valence-corrected chi connectivity index (χ2v) is 7.15. The molecule has 2 rings (SSSR count). The van der Waals surface area contributed by atoms with E-state index >= 15 is 0 Å². The molecule has 0 radical (unpaired) electrons. The van der Waals surface area contributed by atoms with Crippen LogP contribution in [0.25, 0.3) is 0 Å². The second kappa shape index (κ2) is 6.31. The Bertz CT molecular complexity index is 600. The van der Waals surface area contributed by atoms with E-state index in [2.05, 4.69) is 70.8 Å². The molecule has 20 heavy (non-hydrogen) atoms. The molecule has 1 nitrogen and oxygen atoms in total. The van der Waals surface area contributed by atoms with Crippen molar-refractivity contribution in [2.24, 2.45) is 0 Å². The van der Waals surface area contributed by atoms with Crippen LogP contribution in [0, 0.1) is 0 Å². The molecule has 3 heteroatoms. The van der Waals surface area contributed by atoms with Gasteiger partial charge in [-0.1, -0.05) is 76.9 Å². The maximum Gasteiger partial charge on any atom is 0.131 e. The summed E-state index contributed by atoms with van der Waals surface area (Å²) in [5.74, 6) is 1.76. The minimum absolute atomic E-state index is 0.0592. The number of ether oxygens (including phenoxy) is 1. The molecule has 0 saturated carbocycles. The maximum atomic E-state index is 6.07. The van der Waals surface area contributed by atoms with E-state index in [-0.39, 0.29) is 5.41 Å². The van der Waals surface area contributed by atoms with Gasteiger partial charge in [0.2, 0.25) is 0 Å². The van der Waals surface area contributed by atoms with Gasteiger partial charge >= 0.3 is 0 Å². The van der Waals surface area contributed by atoms with Gasteiger partial charge in [-0.3, -0.25) is 0 Å². The highest BCUT2D eigenvalue weighted by Crippen LogP contribution is 2.35. The van der Waals surface area contributed by atoms with Crippen LogP contribution in [0.5, 0.6) is 11.5 Å². The van der Waals surface area contributed by atoms with Crippen LogP contribution in [-0.4, -0.2) is 0 Å². The fourth-order valence-corrected chi connectivity index (χ4v) is 3.37. The molecule has 0 bridgehead atoms. The zero-order valence-corrected chi connectivity index (χ0v) is 15.1. The highest BCUT2D eigenvalue weighted by molar-refractivity contribution is 9.10. The van der Waals surface area contributed by atoms with Crippen molar-refractivity contribution < 1.29 is 4.74 Å². The Kier molecular flexibility index (Phi) is 4.92. The van der Waals surface area contributed by atoms with Crippen molar-refractivity contribution in [1.29, 1.82) is 0 Å². The zero-order chi connectivity index (χ0) is 14.8. The van der Waals surface area contributed by atoms with Crippen LogP contribution in [0.3, 0.4) is 0 Å². The van der Waals surface area contributed by atoms with Crippen LogP contribution in [0.2, 0.25) is 0 Å². The Hall–Kier alpha value is -0.800. The van der Waals surface area contributed by atoms with Crippen LogP contribution < -0.4 is 4.74 Å². The van der Waals surface area contributed by atoms with Crippen molar-refractivity contribution in [2.75, 3.05) is 0 Å². The number of rotatable bonds is 3. The first kappa shape index (κ1) is 15.6. The molecule has 0 atom stereocenters. The van der Waals surface area contributed by atoms with Crippen molar-refractivity contribution >= 4 is 31.9 Å². The lowest BCUT2D eigenvalue weighted by molar-refractivity contribution is 0.455. The Labute approximate surface area is 137 Å². The minimum Gasteiger partial charge on any atom is -0.457 e. The molecule has 0 heterocycles. The Morgan fingerprint density at radius 2 is 1.75 bits per heavy atom. The fourth-order valence-electron chi connectivity index (χ4n) is 2.00. The molecule has 2 aromatic rings. The van der Waals surface area contributed by atoms with Crippen LogP contribution in [-0.2, 0) is 10.7 Å². The van der Waals surface area contributed by atoms with Crippen molar-refractivity contribution in [3.63, 3.8) is 0 Å². The zero-order valence-electron chi connectivity index (χ0n) is 11.9. The van der Waals surface area contributed by atoms with E-state index in [4.69, 9.17) is 4.74 Å². The third kappa shape index (κ3) is 3.64. The molecule has 106 valence electrons. The van der Waals surface area contributed by atoms with Gasteiger partial charge in [-0.05, 0) is 29.2 Å². The Balaban J connectivity index is 2.33. The predicted octanol–water partition coefficient (Wildman–Crippen LogP) is 6.43. The lowest BCUT2D eigenvalue weighted by Crippen LogP contribution is -2.12. The quantitative estimate of drug-likeness (QED) is 0.542. The first-order valence-electron chi connectivity index (χ1n) is 6.53. The minimum atomic E-state index is 0.0592. The fraction of sp³-hybridized carbons (Fsp3) is 0.294. The van der Waals surface area contributed by atoms with Gasteiger partial charge in [-0.25, -0.2) is 0 Å². The number of para-hydroxylation sites is 1. The van der Waals surface area contributed by atoms with Crippen molar-refractivity contribution in [2.45, 2.75) is 31.5 Å². The van der Waals surface area contributed by atoms with Gasteiger partial charge in [0, 0.05) is 15.4 Å². The molecule has 0 amide bonds. The summed E-state index contributed by atoms with van der Waals surface area (Å²) < 4.78 is 7.13. The summed E-state index contributed by atoms with van der Waals surface area (Å²) in [5, 5.41) is 0.826. The summed E-state index contributed by atoms with van der Waals surface area (Å²) in [7, 11) is 0. The SMILES string of the molecule is CC(C)(C)c1ccccc1Oc1ccc(CBr)c(Br)c1.